The maximum absolute atomic E-state index is 12.0. The van der Waals surface area contributed by atoms with Crippen LogP contribution in [0.5, 0.6) is 0 Å². The van der Waals surface area contributed by atoms with E-state index in [-0.39, 0.29) is 36.6 Å². The Bertz CT molecular complexity index is 343. The van der Waals surface area contributed by atoms with Gasteiger partial charge in [0.1, 0.15) is 6.04 Å². The Morgan fingerprint density at radius 3 is 2.61 bits per heavy atom. The Balaban J connectivity index is 2.55. The number of carbonyl (C=O) groups excluding carboxylic acids is 2. The molecule has 1 aliphatic rings. The minimum atomic E-state index is -0.903. The second-order valence-corrected chi connectivity index (χ2v) is 4.77. The lowest BCUT2D eigenvalue weighted by Crippen LogP contribution is -2.45. The molecule has 0 aromatic rings. The molecule has 102 valence electrons. The third-order valence-corrected chi connectivity index (χ3v) is 3.17. The maximum atomic E-state index is 12.0. The van der Waals surface area contributed by atoms with Gasteiger partial charge in [-0.1, -0.05) is 6.92 Å². The van der Waals surface area contributed by atoms with Gasteiger partial charge in [-0.2, -0.15) is 0 Å². The lowest BCUT2D eigenvalue weighted by atomic mass is 10.0. The molecule has 1 rings (SSSR count). The van der Waals surface area contributed by atoms with Crippen LogP contribution in [0.3, 0.4) is 0 Å². The molecule has 0 spiro atoms. The topological polar surface area (TPSA) is 86.7 Å². The fourth-order valence-corrected chi connectivity index (χ4v) is 2.29. The van der Waals surface area contributed by atoms with E-state index in [1.54, 1.807) is 18.9 Å². The zero-order valence-corrected chi connectivity index (χ0v) is 10.8. The predicted molar refractivity (Wildman–Crippen MR) is 64.8 cm³/mol. The number of nitrogens with one attached hydrogen (secondary N) is 1. The summed E-state index contributed by atoms with van der Waals surface area (Å²) in [6.45, 7) is 2.31. The normalized spacial score (nSPS) is 20.6. The number of carboxylic acids is 1. The molecule has 0 aromatic carbocycles. The summed E-state index contributed by atoms with van der Waals surface area (Å²) >= 11 is 0. The highest BCUT2D eigenvalue weighted by Crippen LogP contribution is 2.20. The van der Waals surface area contributed by atoms with Crippen molar-refractivity contribution in [1.82, 2.24) is 10.2 Å². The number of rotatable bonds is 5. The van der Waals surface area contributed by atoms with E-state index in [9.17, 15) is 14.4 Å². The summed E-state index contributed by atoms with van der Waals surface area (Å²) in [5, 5.41) is 11.2. The number of likely N-dealkylation sites (tertiary alicyclic amines) is 1. The van der Waals surface area contributed by atoms with Crippen molar-refractivity contribution in [2.45, 2.75) is 38.6 Å². The molecule has 0 bridgehead atoms. The van der Waals surface area contributed by atoms with Gasteiger partial charge in [0.05, 0.1) is 0 Å². The van der Waals surface area contributed by atoms with Crippen molar-refractivity contribution in [2.24, 2.45) is 5.92 Å². The molecule has 0 aromatic heterocycles. The number of amides is 2. The first-order valence-corrected chi connectivity index (χ1v) is 6.18. The van der Waals surface area contributed by atoms with Crippen LogP contribution in [0, 0.1) is 5.92 Å². The van der Waals surface area contributed by atoms with Gasteiger partial charge in [-0.15, -0.1) is 0 Å². The first-order valence-electron chi connectivity index (χ1n) is 6.18. The van der Waals surface area contributed by atoms with Crippen molar-refractivity contribution in [3.8, 4) is 0 Å². The molecule has 6 nitrogen and oxygen atoms in total. The molecular formula is C12H20N2O4. The van der Waals surface area contributed by atoms with Crippen LogP contribution in [0.2, 0.25) is 0 Å². The lowest BCUT2D eigenvalue weighted by molar-refractivity contribution is -0.140. The molecule has 2 amide bonds. The SMILES string of the molecule is CNC(=O)C1CCCN1C(=O)CC(C)CC(=O)O. The van der Waals surface area contributed by atoms with Crippen molar-refractivity contribution >= 4 is 17.8 Å². The number of likely N-dealkylation sites (N-methyl/N-ethyl adjacent to an activating group) is 1. The van der Waals surface area contributed by atoms with E-state index in [2.05, 4.69) is 5.32 Å². The molecule has 0 saturated carbocycles. The summed E-state index contributed by atoms with van der Waals surface area (Å²) in [4.78, 5) is 35.7. The van der Waals surface area contributed by atoms with Gasteiger partial charge in [-0.05, 0) is 18.8 Å². The molecular weight excluding hydrogens is 236 g/mol. The van der Waals surface area contributed by atoms with E-state index in [1.807, 2.05) is 0 Å². The highest BCUT2D eigenvalue weighted by Gasteiger charge is 2.33. The van der Waals surface area contributed by atoms with Gasteiger partial charge in [-0.25, -0.2) is 0 Å². The summed E-state index contributed by atoms with van der Waals surface area (Å²) < 4.78 is 0. The van der Waals surface area contributed by atoms with Crippen molar-refractivity contribution in [3.63, 3.8) is 0 Å². The molecule has 6 heteroatoms. The van der Waals surface area contributed by atoms with Crippen molar-refractivity contribution in [1.29, 1.82) is 0 Å². The third-order valence-electron chi connectivity index (χ3n) is 3.17. The van der Waals surface area contributed by atoms with E-state index in [4.69, 9.17) is 5.11 Å². The molecule has 2 unspecified atom stereocenters. The van der Waals surface area contributed by atoms with Crippen LogP contribution in [0.4, 0.5) is 0 Å². The molecule has 0 aliphatic carbocycles. The maximum Gasteiger partial charge on any atom is 0.303 e. The molecule has 1 fully saturated rings. The second kappa shape index (κ2) is 6.37. The van der Waals surface area contributed by atoms with Gasteiger partial charge >= 0.3 is 5.97 Å². The summed E-state index contributed by atoms with van der Waals surface area (Å²) in [6, 6.07) is -0.389. The van der Waals surface area contributed by atoms with Crippen LogP contribution in [-0.2, 0) is 14.4 Å². The number of nitrogens with zero attached hydrogens (tertiary/aromatic N) is 1. The second-order valence-electron chi connectivity index (χ2n) is 4.77. The minimum Gasteiger partial charge on any atom is -0.481 e. The number of aliphatic carboxylic acids is 1. The van der Waals surface area contributed by atoms with Gasteiger partial charge < -0.3 is 15.3 Å². The Kier molecular flexibility index (Phi) is 5.12. The zero-order valence-electron chi connectivity index (χ0n) is 10.8. The van der Waals surface area contributed by atoms with E-state index >= 15 is 0 Å². The third kappa shape index (κ3) is 3.72. The Morgan fingerprint density at radius 2 is 2.06 bits per heavy atom. The summed E-state index contributed by atoms with van der Waals surface area (Å²) in [6.07, 6.45) is 1.65. The van der Waals surface area contributed by atoms with Crippen molar-refractivity contribution in [3.05, 3.63) is 0 Å². The first-order chi connectivity index (χ1) is 8.45. The fraction of sp³-hybridized carbons (Fsp3) is 0.750. The van der Waals surface area contributed by atoms with E-state index in [0.717, 1.165) is 6.42 Å². The van der Waals surface area contributed by atoms with Crippen LogP contribution >= 0.6 is 0 Å². The number of carboxylic acid groups (broad SMARTS) is 1. The van der Waals surface area contributed by atoms with Crippen LogP contribution in [0.25, 0.3) is 0 Å². The summed E-state index contributed by atoms with van der Waals surface area (Å²) in [7, 11) is 1.55. The zero-order chi connectivity index (χ0) is 13.7. The van der Waals surface area contributed by atoms with Crippen LogP contribution < -0.4 is 5.32 Å². The standard InChI is InChI=1S/C12H20N2O4/c1-8(7-11(16)17)6-10(15)14-5-3-4-9(14)12(18)13-2/h8-9H,3-7H2,1-2H3,(H,13,18)(H,16,17). The summed E-state index contributed by atoms with van der Waals surface area (Å²) in [5.41, 5.74) is 0. The van der Waals surface area contributed by atoms with Crippen LogP contribution in [0.15, 0.2) is 0 Å². The van der Waals surface area contributed by atoms with Gasteiger partial charge in [0.2, 0.25) is 11.8 Å². The van der Waals surface area contributed by atoms with E-state index in [1.165, 1.54) is 0 Å². The fourth-order valence-electron chi connectivity index (χ4n) is 2.29. The van der Waals surface area contributed by atoms with Crippen LogP contribution in [0.1, 0.15) is 32.6 Å². The smallest absolute Gasteiger partial charge is 0.303 e. The molecule has 1 heterocycles. The van der Waals surface area contributed by atoms with Gasteiger partial charge in [0, 0.05) is 26.4 Å². The highest BCUT2D eigenvalue weighted by atomic mass is 16.4. The molecule has 18 heavy (non-hydrogen) atoms. The number of carbonyl (C=O) groups is 3. The molecule has 1 aliphatic heterocycles. The quantitative estimate of drug-likeness (QED) is 0.737. The monoisotopic (exact) mass is 256 g/mol. The number of hydrogen-bond acceptors (Lipinski definition) is 3. The Hall–Kier alpha value is -1.59. The first kappa shape index (κ1) is 14.5. The Morgan fingerprint density at radius 1 is 1.39 bits per heavy atom. The van der Waals surface area contributed by atoms with Gasteiger partial charge in [-0.3, -0.25) is 14.4 Å². The average Bonchev–Trinajstić information content (AvgIpc) is 2.75. The van der Waals surface area contributed by atoms with Crippen molar-refractivity contribution in [2.75, 3.05) is 13.6 Å². The lowest BCUT2D eigenvalue weighted by Gasteiger charge is -2.24. The highest BCUT2D eigenvalue weighted by molar-refractivity contribution is 5.88. The van der Waals surface area contributed by atoms with Gasteiger partial charge in [0.15, 0.2) is 0 Å². The van der Waals surface area contributed by atoms with Crippen LogP contribution in [-0.4, -0.2) is 47.4 Å². The average molecular weight is 256 g/mol. The Labute approximate surface area is 106 Å². The molecule has 0 radical (unpaired) electrons. The van der Waals surface area contributed by atoms with E-state index in [0.29, 0.717) is 13.0 Å². The minimum absolute atomic E-state index is 0.0236. The molecule has 2 N–H and O–H groups in total. The number of hydrogen-bond donors (Lipinski definition) is 2. The summed E-state index contributed by atoms with van der Waals surface area (Å²) in [5.74, 6) is -1.39. The largest absolute Gasteiger partial charge is 0.481 e. The van der Waals surface area contributed by atoms with Crippen molar-refractivity contribution < 1.29 is 19.5 Å². The molecule has 1 saturated heterocycles. The van der Waals surface area contributed by atoms with Gasteiger partial charge in [0.25, 0.3) is 0 Å². The molecule has 2 atom stereocenters. The van der Waals surface area contributed by atoms with E-state index < -0.39 is 5.97 Å². The predicted octanol–water partition coefficient (Wildman–Crippen LogP) is 0.224.